The maximum atomic E-state index is 13.7. The first-order valence-corrected chi connectivity index (χ1v) is 12.3. The van der Waals surface area contributed by atoms with Gasteiger partial charge in [0.25, 0.3) is 5.91 Å². The smallest absolute Gasteiger partial charge is 0.259 e. The highest BCUT2D eigenvalue weighted by Crippen LogP contribution is 2.30. The number of aromatic hydroxyl groups is 1. The van der Waals surface area contributed by atoms with Crippen LogP contribution in [0.25, 0.3) is 22.2 Å². The number of fused-ring (bicyclic) bond motifs is 1. The third-order valence-corrected chi connectivity index (χ3v) is 6.53. The Morgan fingerprint density at radius 2 is 1.68 bits per heavy atom. The molecule has 1 aromatic heterocycles. The number of amides is 1. The molecule has 5 aromatic rings. The van der Waals surface area contributed by atoms with Gasteiger partial charge in [-0.3, -0.25) is 9.59 Å². The number of carbonyl (C=O) groups excluding carboxylic acids is 2. The van der Waals surface area contributed by atoms with Crippen LogP contribution in [0.1, 0.15) is 31.8 Å². The molecule has 188 valence electrons. The van der Waals surface area contributed by atoms with Crippen molar-refractivity contribution in [1.29, 1.82) is 0 Å². The van der Waals surface area contributed by atoms with Crippen molar-refractivity contribution in [1.82, 2.24) is 4.98 Å². The SMILES string of the molecule is O=Cc1cc(O)ccc1C(=O)N(Cc1ccccc1)c1ccc(-c2nc3ccc(Cl)cc3cc2CO)cc1. The van der Waals surface area contributed by atoms with Crippen LogP contribution in [0.15, 0.2) is 97.1 Å². The Bertz CT molecular complexity index is 1640. The molecule has 38 heavy (non-hydrogen) atoms. The van der Waals surface area contributed by atoms with Crippen LogP contribution in [-0.4, -0.2) is 27.4 Å². The summed E-state index contributed by atoms with van der Waals surface area (Å²) in [5.41, 5.74) is 4.65. The highest BCUT2D eigenvalue weighted by Gasteiger charge is 2.22. The van der Waals surface area contributed by atoms with Crippen LogP contribution >= 0.6 is 11.6 Å². The minimum absolute atomic E-state index is 0.0903. The summed E-state index contributed by atoms with van der Waals surface area (Å²) < 4.78 is 0. The van der Waals surface area contributed by atoms with Gasteiger partial charge in [0, 0.05) is 32.8 Å². The first kappa shape index (κ1) is 25.1. The molecular formula is C31H23ClN2O4. The minimum atomic E-state index is -0.375. The lowest BCUT2D eigenvalue weighted by atomic mass is 10.0. The van der Waals surface area contributed by atoms with E-state index in [2.05, 4.69) is 0 Å². The maximum absolute atomic E-state index is 13.7. The van der Waals surface area contributed by atoms with Crippen LogP contribution in [0.4, 0.5) is 5.69 Å². The second-order valence-electron chi connectivity index (χ2n) is 8.80. The molecule has 0 saturated heterocycles. The number of phenols is 1. The van der Waals surface area contributed by atoms with Crippen molar-refractivity contribution in [2.75, 3.05) is 4.90 Å². The predicted octanol–water partition coefficient (Wildman–Crippen LogP) is 6.41. The number of anilines is 1. The number of carbonyl (C=O) groups is 2. The summed E-state index contributed by atoms with van der Waals surface area (Å²) >= 11 is 6.12. The van der Waals surface area contributed by atoms with Gasteiger partial charge in [-0.15, -0.1) is 0 Å². The van der Waals surface area contributed by atoms with E-state index in [1.54, 1.807) is 17.0 Å². The number of hydrogen-bond donors (Lipinski definition) is 2. The standard InChI is InChI=1S/C31H23ClN2O4/c32-25-8-13-29-22(15-25)14-24(19-36)30(33-29)21-6-9-26(10-7-21)34(17-20-4-2-1-3-5-20)31(38)28-12-11-27(37)16-23(28)18-35/h1-16,18,36-37H,17,19H2. The van der Waals surface area contributed by atoms with Crippen molar-refractivity contribution < 1.29 is 19.8 Å². The molecule has 0 aliphatic carbocycles. The number of rotatable bonds is 7. The Morgan fingerprint density at radius 3 is 2.39 bits per heavy atom. The summed E-state index contributed by atoms with van der Waals surface area (Å²) in [5.74, 6) is -0.465. The zero-order chi connectivity index (χ0) is 26.6. The van der Waals surface area contributed by atoms with Crippen molar-refractivity contribution in [2.45, 2.75) is 13.2 Å². The second-order valence-corrected chi connectivity index (χ2v) is 9.24. The largest absolute Gasteiger partial charge is 0.508 e. The number of aliphatic hydroxyl groups is 1. The summed E-state index contributed by atoms with van der Waals surface area (Å²) in [6, 6.07) is 28.3. The third kappa shape index (κ3) is 5.13. The number of halogens is 1. The number of nitrogens with zero attached hydrogens (tertiary/aromatic N) is 2. The topological polar surface area (TPSA) is 90.7 Å². The van der Waals surface area contributed by atoms with Gasteiger partial charge in [-0.25, -0.2) is 4.98 Å². The number of aldehydes is 1. The average molecular weight is 523 g/mol. The molecule has 0 fully saturated rings. The fraction of sp³-hybridized carbons (Fsp3) is 0.0645. The number of benzene rings is 4. The Morgan fingerprint density at radius 1 is 0.921 bits per heavy atom. The van der Waals surface area contributed by atoms with Crippen LogP contribution < -0.4 is 4.90 Å². The van der Waals surface area contributed by atoms with Gasteiger partial charge in [0.05, 0.1) is 29.9 Å². The number of hydrogen-bond acceptors (Lipinski definition) is 5. The van der Waals surface area contributed by atoms with Crippen LogP contribution in [0.2, 0.25) is 5.02 Å². The van der Waals surface area contributed by atoms with Gasteiger partial charge in [0.2, 0.25) is 0 Å². The lowest BCUT2D eigenvalue weighted by molar-refractivity contribution is 0.0978. The Kier molecular flexibility index (Phi) is 7.18. The van der Waals surface area contributed by atoms with E-state index < -0.39 is 0 Å². The van der Waals surface area contributed by atoms with E-state index in [1.165, 1.54) is 18.2 Å². The fourth-order valence-electron chi connectivity index (χ4n) is 4.39. The van der Waals surface area contributed by atoms with Gasteiger partial charge in [0.1, 0.15) is 5.75 Å². The summed E-state index contributed by atoms with van der Waals surface area (Å²) in [4.78, 5) is 31.7. The molecule has 1 heterocycles. The van der Waals surface area contributed by atoms with Gasteiger partial charge < -0.3 is 15.1 Å². The quantitative estimate of drug-likeness (QED) is 0.241. The summed E-state index contributed by atoms with van der Waals surface area (Å²) in [6.45, 7) is 0.0789. The van der Waals surface area contributed by atoms with Gasteiger partial charge in [-0.1, -0.05) is 54.1 Å². The number of phenolic OH excluding ortho intramolecular Hbond substituents is 1. The van der Waals surface area contributed by atoms with E-state index in [4.69, 9.17) is 16.6 Å². The Hall–Kier alpha value is -4.52. The second kappa shape index (κ2) is 10.8. The lowest BCUT2D eigenvalue weighted by Crippen LogP contribution is -2.31. The summed E-state index contributed by atoms with van der Waals surface area (Å²) in [6.07, 6.45) is 0.561. The van der Waals surface area contributed by atoms with Gasteiger partial charge >= 0.3 is 0 Å². The Balaban J connectivity index is 1.55. The lowest BCUT2D eigenvalue weighted by Gasteiger charge is -2.24. The highest BCUT2D eigenvalue weighted by atomic mass is 35.5. The molecular weight excluding hydrogens is 500 g/mol. The summed E-state index contributed by atoms with van der Waals surface area (Å²) in [7, 11) is 0. The van der Waals surface area contributed by atoms with Crippen LogP contribution in [-0.2, 0) is 13.2 Å². The molecule has 4 aromatic carbocycles. The third-order valence-electron chi connectivity index (χ3n) is 6.30. The number of pyridine rings is 1. The van der Waals surface area contributed by atoms with Crippen LogP contribution in [0, 0.1) is 0 Å². The molecule has 0 unspecified atom stereocenters. The van der Waals surface area contributed by atoms with E-state index >= 15 is 0 Å². The van der Waals surface area contributed by atoms with E-state index in [0.29, 0.717) is 28.3 Å². The van der Waals surface area contributed by atoms with Gasteiger partial charge in [-0.05, 0) is 60.2 Å². The molecule has 0 saturated carbocycles. The van der Waals surface area contributed by atoms with Gasteiger partial charge in [0.15, 0.2) is 6.29 Å². The molecule has 0 spiro atoms. The molecule has 6 nitrogen and oxygen atoms in total. The molecule has 2 N–H and O–H groups in total. The minimum Gasteiger partial charge on any atom is -0.508 e. The number of aliphatic hydroxyl groups excluding tert-OH is 1. The van der Waals surface area contributed by atoms with Crippen molar-refractivity contribution in [3.05, 3.63) is 124 Å². The molecule has 0 aliphatic heterocycles. The molecule has 0 radical (unpaired) electrons. The Labute approximate surface area is 224 Å². The molecule has 0 atom stereocenters. The first-order valence-electron chi connectivity index (χ1n) is 11.9. The van der Waals surface area contributed by atoms with E-state index in [9.17, 15) is 19.8 Å². The zero-order valence-electron chi connectivity index (χ0n) is 20.2. The number of aromatic nitrogens is 1. The summed E-state index contributed by atoms with van der Waals surface area (Å²) in [5, 5.41) is 21.2. The van der Waals surface area contributed by atoms with Crippen molar-refractivity contribution >= 4 is 40.4 Å². The average Bonchev–Trinajstić information content (AvgIpc) is 2.95. The molecule has 0 bridgehead atoms. The van der Waals surface area contributed by atoms with Gasteiger partial charge in [-0.2, -0.15) is 0 Å². The van der Waals surface area contributed by atoms with Crippen LogP contribution in [0.3, 0.4) is 0 Å². The van der Waals surface area contributed by atoms with E-state index in [0.717, 1.165) is 22.0 Å². The molecule has 1 amide bonds. The molecule has 7 heteroatoms. The van der Waals surface area contributed by atoms with Crippen molar-refractivity contribution in [2.24, 2.45) is 0 Å². The van der Waals surface area contributed by atoms with Crippen molar-refractivity contribution in [3.8, 4) is 17.0 Å². The zero-order valence-corrected chi connectivity index (χ0v) is 21.0. The molecule has 5 rings (SSSR count). The van der Waals surface area contributed by atoms with Crippen LogP contribution in [0.5, 0.6) is 5.75 Å². The fourth-order valence-corrected chi connectivity index (χ4v) is 4.58. The van der Waals surface area contributed by atoms with E-state index in [1.807, 2.05) is 66.7 Å². The predicted molar refractivity (Wildman–Crippen MR) is 149 cm³/mol. The molecule has 0 aliphatic rings. The monoisotopic (exact) mass is 522 g/mol. The van der Waals surface area contributed by atoms with Crippen molar-refractivity contribution in [3.63, 3.8) is 0 Å². The van der Waals surface area contributed by atoms with E-state index in [-0.39, 0.29) is 35.9 Å². The first-order chi connectivity index (χ1) is 18.5. The normalized spacial score (nSPS) is 10.9. The maximum Gasteiger partial charge on any atom is 0.259 e. The highest BCUT2D eigenvalue weighted by molar-refractivity contribution is 6.31.